The number of aromatic nitrogens is 1. The minimum atomic E-state index is 0.500. The van der Waals surface area contributed by atoms with Crippen molar-refractivity contribution in [3.8, 4) is 22.3 Å². The summed E-state index contributed by atoms with van der Waals surface area (Å²) < 4.78 is 0. The zero-order chi connectivity index (χ0) is 32.0. The van der Waals surface area contributed by atoms with Gasteiger partial charge in [-0.2, -0.15) is 0 Å². The molecule has 0 bridgehead atoms. The number of hydrogen-bond donors (Lipinski definition) is 0. The van der Waals surface area contributed by atoms with Gasteiger partial charge in [-0.15, -0.1) is 0 Å². The molecule has 3 nitrogen and oxygen atoms in total. The topological polar surface area (TPSA) is 37.6 Å². The van der Waals surface area contributed by atoms with Crippen molar-refractivity contribution in [1.29, 1.82) is 0 Å². The number of rotatable bonds is 10. The fourth-order valence-electron chi connectivity index (χ4n) is 4.76. The average Bonchev–Trinajstić information content (AvgIpc) is 3.09. The maximum Gasteiger partial charge on any atom is 0.0716 e. The van der Waals surface area contributed by atoms with Gasteiger partial charge in [0, 0.05) is 23.0 Å². The molecule has 3 heteroatoms. The Balaban J connectivity index is 0.00000109. The van der Waals surface area contributed by atoms with Crippen molar-refractivity contribution >= 4 is 24.2 Å². The van der Waals surface area contributed by atoms with Gasteiger partial charge < -0.3 is 0 Å². The molecule has 4 aromatic carbocycles. The van der Waals surface area contributed by atoms with E-state index in [1.165, 1.54) is 18.4 Å². The Hall–Kier alpha value is -5.15. The fraction of sp³-hybridized carbons (Fsp3) is 0.167. The van der Waals surface area contributed by atoms with Gasteiger partial charge in [0.15, 0.2) is 0 Å². The van der Waals surface area contributed by atoms with Crippen LogP contribution in [0.1, 0.15) is 60.2 Å². The molecule has 1 heterocycles. The molecule has 0 radical (unpaired) electrons. The quantitative estimate of drug-likeness (QED) is 0.149. The fourth-order valence-corrected chi connectivity index (χ4v) is 4.76. The summed E-state index contributed by atoms with van der Waals surface area (Å²) in [4.78, 5) is 14.0. The minimum absolute atomic E-state index is 0.500. The molecule has 0 aliphatic rings. The second-order valence-electron chi connectivity index (χ2n) is 11.0. The minimum Gasteiger partial charge on any atom is -0.280 e. The van der Waals surface area contributed by atoms with Crippen LogP contribution in [0.5, 0.6) is 0 Å². The number of aliphatic imine (C=N–C) groups is 2. The van der Waals surface area contributed by atoms with Crippen LogP contribution in [0.25, 0.3) is 34.0 Å². The van der Waals surface area contributed by atoms with Crippen molar-refractivity contribution in [3.05, 3.63) is 162 Å². The molecule has 0 fully saturated rings. The first-order valence-electron chi connectivity index (χ1n) is 15.6. The second-order valence-corrected chi connectivity index (χ2v) is 11.0. The van der Waals surface area contributed by atoms with Crippen LogP contribution in [0.3, 0.4) is 0 Å². The SMILES string of the molecule is C=Cc1cc(-c2cc(CN=C(/C=C(\N=C)c3ccccc3)c3ccccc3)cc(-c3ccc(C)nc3)c2)ccc1C.CCCC. The van der Waals surface area contributed by atoms with E-state index < -0.39 is 0 Å². The van der Waals surface area contributed by atoms with Crippen molar-refractivity contribution in [2.75, 3.05) is 0 Å². The molecule has 0 saturated carbocycles. The number of nitrogens with zero attached hydrogens (tertiary/aromatic N) is 3. The summed E-state index contributed by atoms with van der Waals surface area (Å²) in [6, 6.07) is 37.6. The van der Waals surface area contributed by atoms with Gasteiger partial charge in [-0.25, -0.2) is 0 Å². The highest BCUT2D eigenvalue weighted by atomic mass is 14.8. The Kier molecular flexibility index (Phi) is 12.1. The first-order chi connectivity index (χ1) is 21.9. The Morgan fingerprint density at radius 3 is 1.91 bits per heavy atom. The highest BCUT2D eigenvalue weighted by Crippen LogP contribution is 2.30. The van der Waals surface area contributed by atoms with Gasteiger partial charge in [0.1, 0.15) is 0 Å². The first-order valence-corrected chi connectivity index (χ1v) is 15.6. The monoisotopic (exact) mass is 589 g/mol. The van der Waals surface area contributed by atoms with Gasteiger partial charge in [-0.05, 0) is 95.9 Å². The van der Waals surface area contributed by atoms with E-state index in [1.807, 2.05) is 79.9 Å². The number of pyridine rings is 1. The molecule has 1 aromatic heterocycles. The number of aryl methyl sites for hydroxylation is 2. The summed E-state index contributed by atoms with van der Waals surface area (Å²) in [5, 5.41) is 0. The van der Waals surface area contributed by atoms with E-state index in [-0.39, 0.29) is 0 Å². The lowest BCUT2D eigenvalue weighted by Gasteiger charge is -2.12. The smallest absolute Gasteiger partial charge is 0.0716 e. The molecule has 0 amide bonds. The molecule has 45 heavy (non-hydrogen) atoms. The second kappa shape index (κ2) is 16.6. The van der Waals surface area contributed by atoms with Crippen LogP contribution < -0.4 is 0 Å². The summed E-state index contributed by atoms with van der Waals surface area (Å²) in [5.74, 6) is 0. The molecule has 0 saturated heterocycles. The van der Waals surface area contributed by atoms with E-state index in [4.69, 9.17) is 4.99 Å². The van der Waals surface area contributed by atoms with Crippen molar-refractivity contribution in [1.82, 2.24) is 4.98 Å². The van der Waals surface area contributed by atoms with Crippen molar-refractivity contribution in [3.63, 3.8) is 0 Å². The number of benzene rings is 4. The highest BCUT2D eigenvalue weighted by molar-refractivity contribution is 6.12. The van der Waals surface area contributed by atoms with Crippen molar-refractivity contribution in [2.45, 2.75) is 47.1 Å². The largest absolute Gasteiger partial charge is 0.280 e. The van der Waals surface area contributed by atoms with Crippen LogP contribution in [0.4, 0.5) is 0 Å². The lowest BCUT2D eigenvalue weighted by molar-refractivity contribution is 0.886. The van der Waals surface area contributed by atoms with Crippen LogP contribution in [-0.2, 0) is 6.54 Å². The van der Waals surface area contributed by atoms with E-state index in [9.17, 15) is 0 Å². The maximum absolute atomic E-state index is 5.13. The van der Waals surface area contributed by atoms with Gasteiger partial charge in [0.25, 0.3) is 0 Å². The molecule has 0 aliphatic heterocycles. The van der Waals surface area contributed by atoms with E-state index in [0.717, 1.165) is 61.6 Å². The van der Waals surface area contributed by atoms with Gasteiger partial charge in [0.05, 0.1) is 18.0 Å². The van der Waals surface area contributed by atoms with E-state index in [1.54, 1.807) is 0 Å². The summed E-state index contributed by atoms with van der Waals surface area (Å²) >= 11 is 0. The maximum atomic E-state index is 5.13. The van der Waals surface area contributed by atoms with Crippen molar-refractivity contribution < 1.29 is 0 Å². The van der Waals surface area contributed by atoms with Gasteiger partial charge >= 0.3 is 0 Å². The van der Waals surface area contributed by atoms with E-state index in [0.29, 0.717) is 6.54 Å². The van der Waals surface area contributed by atoms with Crippen LogP contribution in [0.15, 0.2) is 138 Å². The summed E-state index contributed by atoms with van der Waals surface area (Å²) in [6.07, 6.45) is 8.50. The molecule has 0 atom stereocenters. The van der Waals surface area contributed by atoms with E-state index in [2.05, 4.69) is 98.6 Å². The Bertz CT molecular complexity index is 1760. The van der Waals surface area contributed by atoms with Gasteiger partial charge in [0.2, 0.25) is 0 Å². The molecule has 5 rings (SSSR count). The zero-order valence-electron chi connectivity index (χ0n) is 27.0. The van der Waals surface area contributed by atoms with Gasteiger partial charge in [-0.1, -0.05) is 118 Å². The first kappa shape index (κ1) is 32.8. The molecule has 226 valence electrons. The summed E-state index contributed by atoms with van der Waals surface area (Å²) in [7, 11) is 0. The third kappa shape index (κ3) is 9.17. The van der Waals surface area contributed by atoms with Crippen LogP contribution >= 0.6 is 0 Å². The molecule has 0 aliphatic carbocycles. The van der Waals surface area contributed by atoms with E-state index >= 15 is 0 Å². The van der Waals surface area contributed by atoms with Crippen molar-refractivity contribution in [2.24, 2.45) is 9.98 Å². The Morgan fingerprint density at radius 2 is 1.33 bits per heavy atom. The normalized spacial score (nSPS) is 11.4. The lowest BCUT2D eigenvalue weighted by atomic mass is 9.94. The average molecular weight is 590 g/mol. The molecule has 0 unspecified atom stereocenters. The predicted molar refractivity (Wildman–Crippen MR) is 196 cm³/mol. The number of unbranched alkanes of at least 4 members (excludes halogenated alkanes) is 1. The summed E-state index contributed by atoms with van der Waals surface area (Å²) in [5.41, 5.74) is 12.5. The molecular formula is C42H43N3. The van der Waals surface area contributed by atoms with Crippen LogP contribution in [-0.4, -0.2) is 17.4 Å². The molecule has 0 N–H and O–H groups in total. The number of hydrogen-bond acceptors (Lipinski definition) is 3. The zero-order valence-corrected chi connectivity index (χ0v) is 27.0. The predicted octanol–water partition coefficient (Wildman–Crippen LogP) is 11.2. The third-order valence-corrected chi connectivity index (χ3v) is 7.58. The molecule has 5 aromatic rings. The Labute approximate surface area is 269 Å². The number of allylic oxidation sites excluding steroid dienone is 1. The van der Waals surface area contributed by atoms with Gasteiger partial charge in [-0.3, -0.25) is 15.0 Å². The Morgan fingerprint density at radius 1 is 0.711 bits per heavy atom. The van der Waals surface area contributed by atoms with Crippen LogP contribution in [0.2, 0.25) is 0 Å². The lowest BCUT2D eigenvalue weighted by Crippen LogP contribution is -2.00. The molecular weight excluding hydrogens is 546 g/mol. The summed E-state index contributed by atoms with van der Waals surface area (Å²) in [6.45, 7) is 16.8. The third-order valence-electron chi connectivity index (χ3n) is 7.58. The molecule has 0 spiro atoms. The standard InChI is InChI=1S/C38H33N3.C4H10/c1-5-30-22-33(18-16-27(30)2)35-20-29(21-36(23-35)34-19-17-28(3)40-26-34)25-41-38(32-14-10-7-11-15-32)24-37(39-4)31-12-8-6-9-13-31;1-3-4-2/h5-24,26H,1,4,25H2,2-3H3;3-4H2,1-2H3/b37-24-,41-38?;. The van der Waals surface area contributed by atoms with Crippen LogP contribution in [0, 0.1) is 13.8 Å². The highest BCUT2D eigenvalue weighted by Gasteiger charge is 2.09.